The van der Waals surface area contributed by atoms with E-state index < -0.39 is 0 Å². The molecule has 1 aliphatic rings. The minimum atomic E-state index is 0.662. The van der Waals surface area contributed by atoms with Gasteiger partial charge in [0.05, 0.1) is 10.6 Å². The second kappa shape index (κ2) is 4.18. The number of nitrogens with zero attached hydrogens (tertiary/aromatic N) is 1. The van der Waals surface area contributed by atoms with Gasteiger partial charge in [-0.15, -0.1) is 11.3 Å². The number of H-pyrrole nitrogens is 1. The molecule has 3 rings (SSSR count). The van der Waals surface area contributed by atoms with Gasteiger partial charge in [-0.1, -0.05) is 13.3 Å². The minimum Gasteiger partial charge on any atom is -0.382 e. The normalized spacial score (nSPS) is 14.2. The van der Waals surface area contributed by atoms with E-state index in [2.05, 4.69) is 23.2 Å². The molecule has 0 aromatic carbocycles. The Labute approximate surface area is 105 Å². The zero-order chi connectivity index (χ0) is 11.8. The molecule has 0 spiro atoms. The summed E-state index contributed by atoms with van der Waals surface area (Å²) in [4.78, 5) is 2.86. The average molecular weight is 247 g/mol. The van der Waals surface area contributed by atoms with E-state index >= 15 is 0 Å². The van der Waals surface area contributed by atoms with Crippen molar-refractivity contribution in [3.63, 3.8) is 0 Å². The zero-order valence-corrected chi connectivity index (χ0v) is 10.9. The molecule has 0 radical (unpaired) electrons. The summed E-state index contributed by atoms with van der Waals surface area (Å²) < 4.78 is 0. The Bertz CT molecular complexity index is 517. The highest BCUT2D eigenvalue weighted by Crippen LogP contribution is 2.38. The van der Waals surface area contributed by atoms with Crippen LogP contribution in [0.5, 0.6) is 0 Å². The molecule has 0 aliphatic heterocycles. The van der Waals surface area contributed by atoms with Crippen LogP contribution in [0, 0.1) is 0 Å². The average Bonchev–Trinajstić information content (AvgIpc) is 2.94. The molecule has 3 nitrogen and oxygen atoms in total. The number of thiophene rings is 1. The molecular weight excluding hydrogens is 230 g/mol. The third-order valence-corrected chi connectivity index (χ3v) is 4.65. The van der Waals surface area contributed by atoms with Crippen molar-refractivity contribution in [2.45, 2.75) is 39.0 Å². The number of nitrogens with one attached hydrogen (secondary N) is 1. The summed E-state index contributed by atoms with van der Waals surface area (Å²) in [5, 5.41) is 7.25. The van der Waals surface area contributed by atoms with Gasteiger partial charge < -0.3 is 5.73 Å². The van der Waals surface area contributed by atoms with Crippen LogP contribution in [0.15, 0.2) is 6.07 Å². The number of aromatic nitrogens is 2. The van der Waals surface area contributed by atoms with Crippen LogP contribution >= 0.6 is 11.3 Å². The fourth-order valence-electron chi connectivity index (χ4n) is 2.54. The van der Waals surface area contributed by atoms with E-state index in [1.54, 1.807) is 4.88 Å². The second-order valence-electron chi connectivity index (χ2n) is 4.63. The van der Waals surface area contributed by atoms with E-state index in [1.807, 2.05) is 11.3 Å². The number of fused-ring (bicyclic) bond motifs is 1. The van der Waals surface area contributed by atoms with Gasteiger partial charge in [-0.05, 0) is 37.3 Å². The van der Waals surface area contributed by atoms with E-state index in [4.69, 9.17) is 5.73 Å². The van der Waals surface area contributed by atoms with Gasteiger partial charge in [0, 0.05) is 10.4 Å². The predicted molar refractivity (Wildman–Crippen MR) is 72.3 cm³/mol. The lowest BCUT2D eigenvalue weighted by atomic mass is 10.1. The van der Waals surface area contributed by atoms with Crippen molar-refractivity contribution in [2.75, 3.05) is 5.73 Å². The van der Waals surface area contributed by atoms with Crippen molar-refractivity contribution in [1.29, 1.82) is 0 Å². The molecule has 0 bridgehead atoms. The quantitative estimate of drug-likeness (QED) is 0.875. The maximum absolute atomic E-state index is 5.92. The molecule has 0 amide bonds. The number of hydrogen-bond acceptors (Lipinski definition) is 3. The van der Waals surface area contributed by atoms with Crippen molar-refractivity contribution in [1.82, 2.24) is 10.2 Å². The molecular formula is C13H17N3S. The summed E-state index contributed by atoms with van der Waals surface area (Å²) in [5.74, 6) is 0.662. The molecule has 4 heteroatoms. The van der Waals surface area contributed by atoms with Gasteiger partial charge in [-0.3, -0.25) is 5.10 Å². The smallest absolute Gasteiger partial charge is 0.149 e. The molecule has 2 aromatic heterocycles. The Balaban J connectivity index is 2.02. The van der Waals surface area contributed by atoms with Gasteiger partial charge in [0.2, 0.25) is 0 Å². The lowest BCUT2D eigenvalue weighted by Crippen LogP contribution is -1.92. The van der Waals surface area contributed by atoms with Crippen molar-refractivity contribution in [3.8, 4) is 10.6 Å². The molecule has 90 valence electrons. The van der Waals surface area contributed by atoms with Crippen LogP contribution in [0.2, 0.25) is 0 Å². The van der Waals surface area contributed by atoms with Crippen LogP contribution in [0.4, 0.5) is 5.82 Å². The highest BCUT2D eigenvalue weighted by Gasteiger charge is 2.19. The van der Waals surface area contributed by atoms with E-state index in [-0.39, 0.29) is 0 Å². The molecule has 0 saturated heterocycles. The number of nitrogens with two attached hydrogens (primary N) is 1. The minimum absolute atomic E-state index is 0.662. The van der Waals surface area contributed by atoms with Gasteiger partial charge >= 0.3 is 0 Å². The van der Waals surface area contributed by atoms with Crippen LogP contribution in [0.1, 0.15) is 35.8 Å². The number of aromatic amines is 1. The highest BCUT2D eigenvalue weighted by molar-refractivity contribution is 7.15. The van der Waals surface area contributed by atoms with Crippen LogP contribution in [0.3, 0.4) is 0 Å². The number of rotatable bonds is 3. The van der Waals surface area contributed by atoms with Gasteiger partial charge in [0.1, 0.15) is 5.82 Å². The first kappa shape index (κ1) is 10.8. The lowest BCUT2D eigenvalue weighted by molar-refractivity contribution is 0.914. The zero-order valence-electron chi connectivity index (χ0n) is 10.0. The van der Waals surface area contributed by atoms with E-state index in [9.17, 15) is 0 Å². The van der Waals surface area contributed by atoms with Crippen LogP contribution in [0.25, 0.3) is 10.6 Å². The first-order valence-corrected chi connectivity index (χ1v) is 7.06. The Morgan fingerprint density at radius 2 is 2.35 bits per heavy atom. The number of nitrogen functional groups attached to an aromatic ring is 1. The summed E-state index contributed by atoms with van der Waals surface area (Å²) in [5.41, 5.74) is 9.78. The van der Waals surface area contributed by atoms with E-state index in [1.165, 1.54) is 35.3 Å². The van der Waals surface area contributed by atoms with Crippen molar-refractivity contribution in [3.05, 3.63) is 22.1 Å². The van der Waals surface area contributed by atoms with Crippen LogP contribution in [-0.4, -0.2) is 10.2 Å². The summed E-state index contributed by atoms with van der Waals surface area (Å²) >= 11 is 1.90. The van der Waals surface area contributed by atoms with E-state index in [0.717, 1.165) is 18.5 Å². The number of hydrogen-bond donors (Lipinski definition) is 2. The highest BCUT2D eigenvalue weighted by atomic mass is 32.1. The fraction of sp³-hybridized carbons (Fsp3) is 0.462. The van der Waals surface area contributed by atoms with Crippen LogP contribution in [-0.2, 0) is 19.3 Å². The van der Waals surface area contributed by atoms with E-state index in [0.29, 0.717) is 5.82 Å². The monoisotopic (exact) mass is 247 g/mol. The van der Waals surface area contributed by atoms with Gasteiger partial charge in [-0.2, -0.15) is 5.10 Å². The summed E-state index contributed by atoms with van der Waals surface area (Å²) in [6, 6.07) is 2.32. The predicted octanol–water partition coefficient (Wildman–Crippen LogP) is 3.16. The van der Waals surface area contributed by atoms with Crippen molar-refractivity contribution in [2.24, 2.45) is 0 Å². The Morgan fingerprint density at radius 3 is 3.12 bits per heavy atom. The van der Waals surface area contributed by atoms with Crippen molar-refractivity contribution < 1.29 is 0 Å². The van der Waals surface area contributed by atoms with Crippen LogP contribution < -0.4 is 5.73 Å². The van der Waals surface area contributed by atoms with Gasteiger partial charge in [0.15, 0.2) is 0 Å². The third-order valence-electron chi connectivity index (χ3n) is 3.39. The molecule has 2 aromatic rings. The summed E-state index contributed by atoms with van der Waals surface area (Å²) in [7, 11) is 0. The Hall–Kier alpha value is -1.29. The topological polar surface area (TPSA) is 54.7 Å². The number of anilines is 1. The third kappa shape index (κ3) is 1.76. The standard InChI is InChI=1S/C13H17N3S/c1-2-4-9-12(15-16-13(9)14)11-7-8-5-3-6-10(8)17-11/h7H,2-6H2,1H3,(H3,14,15,16). The molecule has 0 unspecified atom stereocenters. The SMILES string of the molecule is CCCc1c(N)n[nH]c1-c1cc2c(s1)CCC2. The molecule has 0 fully saturated rings. The van der Waals surface area contributed by atoms with Gasteiger partial charge in [0.25, 0.3) is 0 Å². The van der Waals surface area contributed by atoms with Crippen molar-refractivity contribution >= 4 is 17.2 Å². The maximum atomic E-state index is 5.92. The second-order valence-corrected chi connectivity index (χ2v) is 5.76. The Morgan fingerprint density at radius 1 is 1.47 bits per heavy atom. The lowest BCUT2D eigenvalue weighted by Gasteiger charge is -2.00. The molecule has 0 saturated carbocycles. The molecule has 17 heavy (non-hydrogen) atoms. The first-order valence-electron chi connectivity index (χ1n) is 6.24. The van der Waals surface area contributed by atoms with Gasteiger partial charge in [-0.25, -0.2) is 0 Å². The fourth-order valence-corrected chi connectivity index (χ4v) is 3.81. The summed E-state index contributed by atoms with van der Waals surface area (Å²) in [6.07, 6.45) is 5.89. The maximum Gasteiger partial charge on any atom is 0.149 e. The molecule has 1 aliphatic carbocycles. The Kier molecular flexibility index (Phi) is 2.67. The number of aryl methyl sites for hydroxylation is 2. The molecule has 3 N–H and O–H groups in total. The molecule has 2 heterocycles. The summed E-state index contributed by atoms with van der Waals surface area (Å²) in [6.45, 7) is 2.17. The molecule has 0 atom stereocenters. The first-order chi connectivity index (χ1) is 8.29. The largest absolute Gasteiger partial charge is 0.382 e.